The number of ether oxygens (including phenoxy) is 2. The number of aryl methyl sites for hydroxylation is 1. The predicted molar refractivity (Wildman–Crippen MR) is 141 cm³/mol. The van der Waals surface area contributed by atoms with Gasteiger partial charge >= 0.3 is 0 Å². The maximum absolute atomic E-state index is 13.5. The molecule has 0 spiro atoms. The number of methoxy groups -OCH3 is 1. The van der Waals surface area contributed by atoms with E-state index in [2.05, 4.69) is 18.9 Å². The maximum atomic E-state index is 13.5. The lowest BCUT2D eigenvalue weighted by molar-refractivity contribution is -0.119. The van der Waals surface area contributed by atoms with Crippen LogP contribution >= 0.6 is 0 Å². The van der Waals surface area contributed by atoms with Crippen LogP contribution in [-0.4, -0.2) is 35.5 Å². The van der Waals surface area contributed by atoms with Crippen molar-refractivity contribution in [3.05, 3.63) is 87.7 Å². The van der Waals surface area contributed by atoms with Gasteiger partial charge in [-0.15, -0.1) is 0 Å². The first kappa shape index (κ1) is 24.7. The van der Waals surface area contributed by atoms with E-state index >= 15 is 0 Å². The number of para-hydroxylation sites is 1. The number of nitrogens with two attached hydrogens (primary N) is 1. The number of hydrogen-bond donors (Lipinski definition) is 1. The van der Waals surface area contributed by atoms with E-state index in [4.69, 9.17) is 20.2 Å². The molecule has 1 amide bonds. The molecule has 0 radical (unpaired) electrons. The van der Waals surface area contributed by atoms with Crippen LogP contribution in [0.25, 0.3) is 22.3 Å². The van der Waals surface area contributed by atoms with Gasteiger partial charge in [-0.25, -0.2) is 4.98 Å². The fourth-order valence-corrected chi connectivity index (χ4v) is 3.94. The number of nitrogens with zero attached hydrogens (tertiary/aromatic N) is 3. The molecule has 0 fully saturated rings. The molecule has 1 heterocycles. The summed E-state index contributed by atoms with van der Waals surface area (Å²) in [6, 6.07) is 18.2. The Balaban J connectivity index is 1.88. The fraction of sp³-hybridized carbons (Fsp3) is 0.214. The number of fused-ring (bicyclic) bond motifs is 1. The first-order chi connectivity index (χ1) is 17.3. The van der Waals surface area contributed by atoms with Crippen LogP contribution in [0.1, 0.15) is 36.5 Å². The Bertz CT molecular complexity index is 1520. The van der Waals surface area contributed by atoms with Crippen molar-refractivity contribution in [2.45, 2.75) is 26.7 Å². The molecule has 36 heavy (non-hydrogen) atoms. The van der Waals surface area contributed by atoms with E-state index in [1.165, 1.54) is 4.68 Å². The lowest BCUT2D eigenvalue weighted by Crippen LogP contribution is -2.21. The van der Waals surface area contributed by atoms with Crippen molar-refractivity contribution in [3.63, 3.8) is 0 Å². The van der Waals surface area contributed by atoms with Crippen LogP contribution in [0.5, 0.6) is 11.5 Å². The SMILES string of the molecule is COc1cc(C)c(-c2nc3ccccc3c(=O)n2N=Cc2cccc(OCC(N)=O)c2)cc1C(C)C. The van der Waals surface area contributed by atoms with Crippen molar-refractivity contribution in [1.82, 2.24) is 9.66 Å². The number of carbonyl (C=O) groups is 1. The second kappa shape index (κ2) is 10.4. The van der Waals surface area contributed by atoms with Gasteiger partial charge in [-0.3, -0.25) is 9.59 Å². The van der Waals surface area contributed by atoms with E-state index in [1.807, 2.05) is 37.3 Å². The molecule has 8 nitrogen and oxygen atoms in total. The molecule has 0 atom stereocenters. The Morgan fingerprint density at radius 3 is 2.64 bits per heavy atom. The molecule has 0 saturated carbocycles. The number of primary amides is 1. The van der Waals surface area contributed by atoms with Crippen LogP contribution < -0.4 is 20.8 Å². The van der Waals surface area contributed by atoms with Gasteiger partial charge in [0.05, 0.1) is 24.2 Å². The van der Waals surface area contributed by atoms with Gasteiger partial charge in [0.2, 0.25) is 0 Å². The summed E-state index contributed by atoms with van der Waals surface area (Å²) in [4.78, 5) is 29.4. The third-order valence-corrected chi connectivity index (χ3v) is 5.75. The zero-order valence-corrected chi connectivity index (χ0v) is 20.7. The highest BCUT2D eigenvalue weighted by Gasteiger charge is 2.18. The van der Waals surface area contributed by atoms with Gasteiger partial charge in [0, 0.05) is 5.56 Å². The summed E-state index contributed by atoms with van der Waals surface area (Å²) in [6.45, 7) is 5.90. The Labute approximate surface area is 209 Å². The number of hydrogen-bond acceptors (Lipinski definition) is 6. The van der Waals surface area contributed by atoms with E-state index in [0.717, 1.165) is 22.4 Å². The van der Waals surface area contributed by atoms with Gasteiger partial charge in [-0.05, 0) is 65.9 Å². The quantitative estimate of drug-likeness (QED) is 0.376. The number of amides is 1. The second-order valence-corrected chi connectivity index (χ2v) is 8.71. The molecule has 0 aliphatic heterocycles. The summed E-state index contributed by atoms with van der Waals surface area (Å²) in [7, 11) is 1.65. The zero-order valence-electron chi connectivity index (χ0n) is 20.7. The minimum absolute atomic E-state index is 0.201. The molecule has 3 aromatic carbocycles. The number of carbonyl (C=O) groups excluding carboxylic acids is 1. The van der Waals surface area contributed by atoms with Crippen molar-refractivity contribution >= 4 is 23.0 Å². The molecule has 1 aromatic heterocycles. The zero-order chi connectivity index (χ0) is 25.8. The van der Waals surface area contributed by atoms with Crippen molar-refractivity contribution in [2.24, 2.45) is 10.8 Å². The fourth-order valence-electron chi connectivity index (χ4n) is 3.94. The van der Waals surface area contributed by atoms with Crippen molar-refractivity contribution < 1.29 is 14.3 Å². The normalized spacial score (nSPS) is 11.4. The minimum atomic E-state index is -0.567. The van der Waals surface area contributed by atoms with Crippen LogP contribution in [0.2, 0.25) is 0 Å². The van der Waals surface area contributed by atoms with E-state index in [0.29, 0.717) is 28.0 Å². The number of benzene rings is 3. The van der Waals surface area contributed by atoms with Gasteiger partial charge in [0.1, 0.15) is 11.5 Å². The monoisotopic (exact) mass is 484 g/mol. The van der Waals surface area contributed by atoms with Crippen molar-refractivity contribution in [3.8, 4) is 22.9 Å². The number of rotatable bonds is 8. The Morgan fingerprint density at radius 2 is 1.92 bits per heavy atom. The van der Waals surface area contributed by atoms with Gasteiger partial charge in [-0.2, -0.15) is 9.78 Å². The molecule has 8 heteroatoms. The van der Waals surface area contributed by atoms with E-state index in [-0.39, 0.29) is 18.1 Å². The lowest BCUT2D eigenvalue weighted by atomic mass is 9.96. The van der Waals surface area contributed by atoms with Crippen LogP contribution in [-0.2, 0) is 4.79 Å². The van der Waals surface area contributed by atoms with Crippen LogP contribution in [0, 0.1) is 6.92 Å². The van der Waals surface area contributed by atoms with E-state index in [9.17, 15) is 9.59 Å². The Morgan fingerprint density at radius 1 is 1.14 bits per heavy atom. The van der Waals surface area contributed by atoms with Crippen LogP contribution in [0.3, 0.4) is 0 Å². The summed E-state index contributed by atoms with van der Waals surface area (Å²) in [5.41, 5.74) is 8.85. The van der Waals surface area contributed by atoms with Crippen molar-refractivity contribution in [1.29, 1.82) is 0 Å². The summed E-state index contributed by atoms with van der Waals surface area (Å²) in [6.07, 6.45) is 1.56. The molecule has 0 saturated heterocycles. The topological polar surface area (TPSA) is 109 Å². The predicted octanol–water partition coefficient (Wildman–Crippen LogP) is 4.25. The standard InChI is InChI=1S/C28H28N4O4/c1-17(2)22-14-23(18(3)12-25(22)35-4)27-31-24-11-6-5-10-21(24)28(34)32(27)30-15-19-8-7-9-20(13-19)36-16-26(29)33/h5-15,17H,16H2,1-4H3,(H2,29,33). The highest BCUT2D eigenvalue weighted by atomic mass is 16.5. The smallest absolute Gasteiger partial charge is 0.282 e. The highest BCUT2D eigenvalue weighted by molar-refractivity contribution is 5.83. The Kier molecular flexibility index (Phi) is 7.15. The summed E-state index contributed by atoms with van der Waals surface area (Å²) in [5, 5.41) is 5.00. The molecule has 0 bridgehead atoms. The minimum Gasteiger partial charge on any atom is -0.496 e. The van der Waals surface area contributed by atoms with Gasteiger partial charge in [0.15, 0.2) is 12.4 Å². The summed E-state index contributed by atoms with van der Waals surface area (Å²) < 4.78 is 12.3. The van der Waals surface area contributed by atoms with Crippen LogP contribution in [0.4, 0.5) is 0 Å². The second-order valence-electron chi connectivity index (χ2n) is 8.71. The largest absolute Gasteiger partial charge is 0.496 e. The van der Waals surface area contributed by atoms with E-state index < -0.39 is 5.91 Å². The first-order valence-corrected chi connectivity index (χ1v) is 11.5. The molecule has 4 rings (SSSR count). The average molecular weight is 485 g/mol. The Hall–Kier alpha value is -4.46. The molecule has 4 aromatic rings. The van der Waals surface area contributed by atoms with Crippen LogP contribution in [0.15, 0.2) is 70.6 Å². The molecule has 0 unspecified atom stereocenters. The van der Waals surface area contributed by atoms with Crippen molar-refractivity contribution in [2.75, 3.05) is 13.7 Å². The van der Waals surface area contributed by atoms with Gasteiger partial charge < -0.3 is 15.2 Å². The molecule has 0 aliphatic rings. The number of aromatic nitrogens is 2. The maximum Gasteiger partial charge on any atom is 0.282 e. The third-order valence-electron chi connectivity index (χ3n) is 5.75. The third kappa shape index (κ3) is 5.12. The summed E-state index contributed by atoms with van der Waals surface area (Å²) >= 11 is 0. The highest BCUT2D eigenvalue weighted by Crippen LogP contribution is 2.34. The molecular weight excluding hydrogens is 456 g/mol. The lowest BCUT2D eigenvalue weighted by Gasteiger charge is -2.17. The summed E-state index contributed by atoms with van der Waals surface area (Å²) in [5.74, 6) is 1.32. The molecule has 0 aliphatic carbocycles. The molecule has 2 N–H and O–H groups in total. The average Bonchev–Trinajstić information content (AvgIpc) is 2.86. The molecular formula is C28H28N4O4. The van der Waals surface area contributed by atoms with E-state index in [1.54, 1.807) is 43.7 Å². The van der Waals surface area contributed by atoms with Gasteiger partial charge in [0.25, 0.3) is 11.5 Å². The first-order valence-electron chi connectivity index (χ1n) is 11.5. The molecule has 184 valence electrons. The van der Waals surface area contributed by atoms with Gasteiger partial charge in [-0.1, -0.05) is 38.1 Å².